The highest BCUT2D eigenvalue weighted by atomic mass is 31.2. The largest absolute Gasteiger partial charge is 0.472 e. The molecule has 418 valence electrons. The second-order valence-electron chi connectivity index (χ2n) is 22.1. The third-order valence-electron chi connectivity index (χ3n) is 13.8. The Balaban J connectivity index is 3.72. The van der Waals surface area contributed by atoms with Crippen LogP contribution in [0.15, 0.2) is 48.6 Å². The number of aliphatic hydroxyl groups excluding tert-OH is 1. The van der Waals surface area contributed by atoms with Crippen molar-refractivity contribution in [2.45, 2.75) is 302 Å². The first kappa shape index (κ1) is 69.5. The zero-order valence-electron chi connectivity index (χ0n) is 47.7. The Labute approximate surface area is 441 Å². The van der Waals surface area contributed by atoms with Crippen molar-refractivity contribution in [3.8, 4) is 0 Å². The molecular weight excluding hydrogens is 900 g/mol. The fourth-order valence-electron chi connectivity index (χ4n) is 9.10. The number of quaternary nitrogens is 1. The number of hydrogen-bond donors (Lipinski definition) is 3. The monoisotopic (exact) mass is 1020 g/mol. The van der Waals surface area contributed by atoms with Crippen molar-refractivity contribution in [2.75, 3.05) is 40.9 Å². The average molecular weight is 1020 g/mol. The Morgan fingerprint density at radius 1 is 0.493 bits per heavy atom. The van der Waals surface area contributed by atoms with Gasteiger partial charge in [0.05, 0.1) is 39.9 Å². The summed E-state index contributed by atoms with van der Waals surface area (Å²) >= 11 is 0. The molecule has 71 heavy (non-hydrogen) atoms. The molecule has 0 aliphatic rings. The predicted octanol–water partition coefficient (Wildman–Crippen LogP) is 18.7. The van der Waals surface area contributed by atoms with Gasteiger partial charge in [-0.2, -0.15) is 0 Å². The Morgan fingerprint density at radius 2 is 0.845 bits per heavy atom. The minimum absolute atomic E-state index is 0.0762. The molecule has 0 saturated heterocycles. The summed E-state index contributed by atoms with van der Waals surface area (Å²) < 4.78 is 23.6. The summed E-state index contributed by atoms with van der Waals surface area (Å²) in [5, 5.41) is 13.9. The lowest BCUT2D eigenvalue weighted by molar-refractivity contribution is -0.870. The third-order valence-corrected chi connectivity index (χ3v) is 14.8. The first-order valence-electron chi connectivity index (χ1n) is 30.5. The van der Waals surface area contributed by atoms with Crippen molar-refractivity contribution in [1.29, 1.82) is 0 Å². The van der Waals surface area contributed by atoms with Crippen molar-refractivity contribution >= 4 is 13.7 Å². The summed E-state index contributed by atoms with van der Waals surface area (Å²) in [5.74, 6) is -0.143. The number of allylic oxidation sites excluding steroid dienone is 8. The molecule has 0 bridgehead atoms. The van der Waals surface area contributed by atoms with Gasteiger partial charge in [-0.05, 0) is 51.4 Å². The van der Waals surface area contributed by atoms with Crippen LogP contribution in [-0.4, -0.2) is 73.4 Å². The van der Waals surface area contributed by atoms with Crippen LogP contribution < -0.4 is 5.32 Å². The van der Waals surface area contributed by atoms with Gasteiger partial charge in [-0.1, -0.05) is 281 Å². The maximum Gasteiger partial charge on any atom is 0.472 e. The number of phosphoric acid groups is 1. The minimum Gasteiger partial charge on any atom is -0.391 e. The van der Waals surface area contributed by atoms with Crippen LogP contribution in [0.1, 0.15) is 290 Å². The molecule has 0 radical (unpaired) electrons. The van der Waals surface area contributed by atoms with E-state index < -0.39 is 20.0 Å². The highest BCUT2D eigenvalue weighted by molar-refractivity contribution is 7.47. The Bertz CT molecular complexity index is 1290. The number of carbonyl (C=O) groups is 1. The van der Waals surface area contributed by atoms with Crippen LogP contribution >= 0.6 is 7.82 Å². The molecule has 0 fully saturated rings. The lowest BCUT2D eigenvalue weighted by Crippen LogP contribution is -2.46. The van der Waals surface area contributed by atoms with Gasteiger partial charge < -0.3 is 19.8 Å². The molecule has 0 saturated carbocycles. The van der Waals surface area contributed by atoms with Crippen molar-refractivity contribution in [2.24, 2.45) is 0 Å². The molecule has 3 unspecified atom stereocenters. The summed E-state index contributed by atoms with van der Waals surface area (Å²) in [6, 6.07) is -0.755. The van der Waals surface area contributed by atoms with Gasteiger partial charge in [-0.25, -0.2) is 4.57 Å². The molecule has 0 spiro atoms. The highest BCUT2D eigenvalue weighted by Crippen LogP contribution is 2.43. The maximum atomic E-state index is 12.9. The number of carbonyl (C=O) groups excluding carboxylic acids is 1. The SMILES string of the molecule is CC/C=C\C/C=C\C/C=C\C/C=C\CCCCCCCCCCCCCCCCCCCCCCCCCCCCCCC(=O)NC(COP(=O)(O)OCC[N+](C)(C)C)C(O)CCCCCCCCCC. The van der Waals surface area contributed by atoms with E-state index in [0.29, 0.717) is 23.9 Å². The lowest BCUT2D eigenvalue weighted by Gasteiger charge is -2.26. The molecule has 0 aromatic rings. The molecule has 8 nitrogen and oxygen atoms in total. The molecule has 9 heteroatoms. The van der Waals surface area contributed by atoms with Crippen molar-refractivity contribution in [1.82, 2.24) is 5.32 Å². The Kier molecular flexibility index (Phi) is 52.1. The number of likely N-dealkylation sites (N-methyl/N-ethyl adjacent to an activating group) is 1. The number of phosphoric ester groups is 1. The fourth-order valence-corrected chi connectivity index (χ4v) is 9.84. The van der Waals surface area contributed by atoms with Crippen molar-refractivity contribution in [3.63, 3.8) is 0 Å². The van der Waals surface area contributed by atoms with Gasteiger partial charge >= 0.3 is 7.82 Å². The van der Waals surface area contributed by atoms with Crippen LogP contribution in [0.4, 0.5) is 0 Å². The normalized spacial score (nSPS) is 14.2. The second-order valence-corrected chi connectivity index (χ2v) is 23.5. The summed E-state index contributed by atoms with van der Waals surface area (Å²) in [5.41, 5.74) is 0. The van der Waals surface area contributed by atoms with Crippen molar-refractivity contribution < 1.29 is 32.9 Å². The van der Waals surface area contributed by atoms with Crippen LogP contribution in [0, 0.1) is 0 Å². The van der Waals surface area contributed by atoms with E-state index in [2.05, 4.69) is 67.8 Å². The van der Waals surface area contributed by atoms with E-state index in [0.717, 1.165) is 64.2 Å². The van der Waals surface area contributed by atoms with Crippen LogP contribution in [0.25, 0.3) is 0 Å². The molecule has 0 heterocycles. The predicted molar refractivity (Wildman–Crippen MR) is 309 cm³/mol. The standard InChI is InChI=1S/C62H119N2O6P/c1-6-8-10-12-14-16-17-18-19-20-21-22-23-24-25-26-27-28-29-30-31-32-33-34-35-36-37-38-39-40-41-42-43-44-45-46-47-48-50-52-54-56-62(66)63-60(59-70-71(67,68)69-58-57-64(3,4)5)61(65)55-53-51-49-15-13-11-9-7-2/h8,10,14,16,18-19,21-22,60-61,65H,6-7,9,11-13,15,17,20,23-59H2,1-5H3,(H-,63,66,67,68)/p+1/b10-8-,16-14-,19-18-,22-21-. The molecule has 0 aromatic carbocycles. The van der Waals surface area contributed by atoms with Gasteiger partial charge in [-0.3, -0.25) is 13.8 Å². The van der Waals surface area contributed by atoms with Crippen LogP contribution in [0.3, 0.4) is 0 Å². The number of unbranched alkanes of at least 4 members (excludes halogenated alkanes) is 35. The summed E-state index contributed by atoms with van der Waals surface area (Å²) in [6.45, 7) is 4.76. The molecule has 0 aliphatic heterocycles. The highest BCUT2D eigenvalue weighted by Gasteiger charge is 2.28. The van der Waals surface area contributed by atoms with Crippen LogP contribution in [0.2, 0.25) is 0 Å². The van der Waals surface area contributed by atoms with Gasteiger partial charge in [0, 0.05) is 6.42 Å². The zero-order valence-corrected chi connectivity index (χ0v) is 48.6. The molecule has 0 aromatic heterocycles. The second kappa shape index (κ2) is 53.3. The Hall–Kier alpha value is -1.54. The zero-order chi connectivity index (χ0) is 52.0. The minimum atomic E-state index is -4.31. The number of aliphatic hydroxyl groups is 1. The first-order chi connectivity index (χ1) is 34.5. The maximum absolute atomic E-state index is 12.9. The first-order valence-corrected chi connectivity index (χ1v) is 32.0. The Morgan fingerprint density at radius 3 is 1.24 bits per heavy atom. The van der Waals surface area contributed by atoms with E-state index in [1.165, 1.54) is 199 Å². The molecule has 3 N–H and O–H groups in total. The van der Waals surface area contributed by atoms with E-state index in [1.807, 2.05) is 21.1 Å². The van der Waals surface area contributed by atoms with Crippen LogP contribution in [-0.2, 0) is 18.4 Å². The topological polar surface area (TPSA) is 105 Å². The van der Waals surface area contributed by atoms with Gasteiger partial charge in [0.2, 0.25) is 5.91 Å². The fraction of sp³-hybridized carbons (Fsp3) is 0.855. The molecular formula is C62H120N2O6P+. The van der Waals surface area contributed by atoms with Gasteiger partial charge in [0.25, 0.3) is 0 Å². The van der Waals surface area contributed by atoms with E-state index in [-0.39, 0.29) is 19.1 Å². The van der Waals surface area contributed by atoms with Gasteiger partial charge in [0.15, 0.2) is 0 Å². The molecule has 1 amide bonds. The summed E-state index contributed by atoms with van der Waals surface area (Å²) in [4.78, 5) is 23.2. The number of rotatable bonds is 56. The van der Waals surface area contributed by atoms with Crippen molar-refractivity contribution in [3.05, 3.63) is 48.6 Å². The lowest BCUT2D eigenvalue weighted by atomic mass is 10.0. The van der Waals surface area contributed by atoms with E-state index in [1.54, 1.807) is 0 Å². The number of hydrogen-bond acceptors (Lipinski definition) is 5. The number of nitrogens with zero attached hydrogens (tertiary/aromatic N) is 1. The van der Waals surface area contributed by atoms with E-state index in [9.17, 15) is 19.4 Å². The van der Waals surface area contributed by atoms with Gasteiger partial charge in [0.1, 0.15) is 13.2 Å². The third kappa shape index (κ3) is 56.0. The number of nitrogens with one attached hydrogen (secondary N) is 1. The van der Waals surface area contributed by atoms with E-state index in [4.69, 9.17) is 9.05 Å². The summed E-state index contributed by atoms with van der Waals surface area (Å²) in [6.07, 6.45) is 70.9. The smallest absolute Gasteiger partial charge is 0.391 e. The van der Waals surface area contributed by atoms with E-state index >= 15 is 0 Å². The quantitative estimate of drug-likeness (QED) is 0.0243. The van der Waals surface area contributed by atoms with Gasteiger partial charge in [-0.15, -0.1) is 0 Å². The molecule has 0 aliphatic carbocycles. The van der Waals surface area contributed by atoms with Crippen LogP contribution in [0.5, 0.6) is 0 Å². The summed E-state index contributed by atoms with van der Waals surface area (Å²) in [7, 11) is 1.62. The molecule has 3 atom stereocenters. The average Bonchev–Trinajstić information content (AvgIpc) is 3.33. The molecule has 0 rings (SSSR count). The number of amides is 1.